The molecule has 2 saturated carbocycles. The Morgan fingerprint density at radius 1 is 1.29 bits per heavy atom. The molecule has 0 unspecified atom stereocenters. The van der Waals surface area contributed by atoms with Crippen LogP contribution in [0.25, 0.3) is 0 Å². The van der Waals surface area contributed by atoms with Gasteiger partial charge >= 0.3 is 0 Å². The Balaban J connectivity index is 1.45. The molecular weight excluding hydrogens is 264 g/mol. The molecular formula is C17H22N2O2. The summed E-state index contributed by atoms with van der Waals surface area (Å²) in [7, 11) is 0. The maximum atomic E-state index is 12.5. The van der Waals surface area contributed by atoms with E-state index >= 15 is 0 Å². The zero-order valence-corrected chi connectivity index (χ0v) is 12.2. The van der Waals surface area contributed by atoms with Gasteiger partial charge in [-0.15, -0.1) is 0 Å². The number of nitrogens with one attached hydrogen (secondary N) is 2. The molecule has 21 heavy (non-hydrogen) atoms. The van der Waals surface area contributed by atoms with Crippen LogP contribution >= 0.6 is 0 Å². The van der Waals surface area contributed by atoms with E-state index in [-0.39, 0.29) is 5.91 Å². The van der Waals surface area contributed by atoms with Gasteiger partial charge in [-0.05, 0) is 55.6 Å². The summed E-state index contributed by atoms with van der Waals surface area (Å²) in [5.74, 6) is 3.13. The second kappa shape index (κ2) is 5.24. The van der Waals surface area contributed by atoms with Crippen molar-refractivity contribution in [2.24, 2.45) is 17.8 Å². The Morgan fingerprint density at radius 3 is 2.76 bits per heavy atom. The SMILES string of the molecule is O=C(NCC(C1CC1)C1CC1)c1cccc2c1OCCN2. The van der Waals surface area contributed by atoms with Gasteiger partial charge in [0.05, 0.1) is 11.3 Å². The topological polar surface area (TPSA) is 50.4 Å². The van der Waals surface area contributed by atoms with E-state index in [9.17, 15) is 4.79 Å². The molecule has 1 aliphatic heterocycles. The molecule has 2 fully saturated rings. The number of carbonyl (C=O) groups is 1. The molecule has 0 bridgehead atoms. The van der Waals surface area contributed by atoms with Crippen LogP contribution in [0, 0.1) is 17.8 Å². The van der Waals surface area contributed by atoms with E-state index in [0.29, 0.717) is 23.8 Å². The van der Waals surface area contributed by atoms with Crippen LogP contribution in [0.1, 0.15) is 36.0 Å². The largest absolute Gasteiger partial charge is 0.489 e. The third-order valence-electron chi connectivity index (χ3n) is 4.88. The summed E-state index contributed by atoms with van der Waals surface area (Å²) >= 11 is 0. The Kier molecular flexibility index (Phi) is 3.24. The predicted octanol–water partition coefficient (Wildman–Crippen LogP) is 2.66. The highest BCUT2D eigenvalue weighted by molar-refractivity contribution is 5.99. The van der Waals surface area contributed by atoms with Crippen LogP contribution in [0.2, 0.25) is 0 Å². The van der Waals surface area contributed by atoms with Gasteiger partial charge < -0.3 is 15.4 Å². The van der Waals surface area contributed by atoms with Crippen molar-refractivity contribution in [1.82, 2.24) is 5.32 Å². The number of fused-ring (bicyclic) bond motifs is 1. The predicted molar refractivity (Wildman–Crippen MR) is 81.7 cm³/mol. The first kappa shape index (κ1) is 13.0. The minimum atomic E-state index is 0.00171. The molecule has 112 valence electrons. The molecule has 2 N–H and O–H groups in total. The Labute approximate surface area is 125 Å². The standard InChI is InChI=1S/C17H22N2O2/c20-17(19-10-14(11-4-5-11)12-6-7-12)13-2-1-3-15-16(13)21-9-8-18-15/h1-3,11-12,14,18H,4-10H2,(H,19,20). The molecule has 0 spiro atoms. The lowest BCUT2D eigenvalue weighted by molar-refractivity contribution is 0.0939. The molecule has 4 rings (SSSR count). The average Bonchev–Trinajstić information content (AvgIpc) is 3.39. The van der Waals surface area contributed by atoms with Gasteiger partial charge in [0.15, 0.2) is 5.75 Å². The number of para-hydroxylation sites is 1. The van der Waals surface area contributed by atoms with Crippen molar-refractivity contribution in [3.63, 3.8) is 0 Å². The summed E-state index contributed by atoms with van der Waals surface area (Å²) in [6, 6.07) is 5.72. The fourth-order valence-electron chi connectivity index (χ4n) is 3.42. The number of carbonyl (C=O) groups excluding carboxylic acids is 1. The lowest BCUT2D eigenvalue weighted by Crippen LogP contribution is -2.32. The first-order chi connectivity index (χ1) is 10.3. The fourth-order valence-corrected chi connectivity index (χ4v) is 3.42. The first-order valence-electron chi connectivity index (χ1n) is 8.11. The molecule has 1 aromatic carbocycles. The van der Waals surface area contributed by atoms with E-state index in [1.165, 1.54) is 25.7 Å². The van der Waals surface area contributed by atoms with Crippen molar-refractivity contribution >= 4 is 11.6 Å². The molecule has 0 atom stereocenters. The van der Waals surface area contributed by atoms with Crippen molar-refractivity contribution < 1.29 is 9.53 Å². The molecule has 1 aromatic rings. The van der Waals surface area contributed by atoms with Gasteiger partial charge in [0.2, 0.25) is 0 Å². The number of hydrogen-bond acceptors (Lipinski definition) is 3. The zero-order chi connectivity index (χ0) is 14.2. The molecule has 1 amide bonds. The van der Waals surface area contributed by atoms with Crippen LogP contribution in [-0.2, 0) is 0 Å². The summed E-state index contributed by atoms with van der Waals surface area (Å²) in [6.07, 6.45) is 5.41. The summed E-state index contributed by atoms with van der Waals surface area (Å²) < 4.78 is 5.68. The highest BCUT2D eigenvalue weighted by Gasteiger charge is 2.41. The van der Waals surface area contributed by atoms with E-state index < -0.39 is 0 Å². The molecule has 2 aliphatic carbocycles. The van der Waals surface area contributed by atoms with Crippen LogP contribution in [-0.4, -0.2) is 25.6 Å². The molecule has 4 heteroatoms. The Morgan fingerprint density at radius 2 is 2.05 bits per heavy atom. The lowest BCUT2D eigenvalue weighted by atomic mass is 9.98. The molecule has 1 heterocycles. The third-order valence-corrected chi connectivity index (χ3v) is 4.88. The average molecular weight is 286 g/mol. The van der Waals surface area contributed by atoms with Gasteiger partial charge in [0.25, 0.3) is 5.91 Å². The summed E-state index contributed by atoms with van der Waals surface area (Å²) in [4.78, 5) is 12.5. The Hall–Kier alpha value is -1.71. The zero-order valence-electron chi connectivity index (χ0n) is 12.2. The van der Waals surface area contributed by atoms with E-state index in [1.54, 1.807) is 0 Å². The van der Waals surface area contributed by atoms with Gasteiger partial charge in [-0.1, -0.05) is 6.07 Å². The van der Waals surface area contributed by atoms with Gasteiger partial charge in [0.1, 0.15) is 6.61 Å². The minimum Gasteiger partial charge on any atom is -0.489 e. The second-order valence-electron chi connectivity index (χ2n) is 6.51. The van der Waals surface area contributed by atoms with Gasteiger partial charge in [-0.25, -0.2) is 0 Å². The van der Waals surface area contributed by atoms with E-state index in [4.69, 9.17) is 4.74 Å². The minimum absolute atomic E-state index is 0.00171. The molecule has 0 saturated heterocycles. The second-order valence-corrected chi connectivity index (χ2v) is 6.51. The van der Waals surface area contributed by atoms with E-state index in [1.807, 2.05) is 18.2 Å². The fraction of sp³-hybridized carbons (Fsp3) is 0.588. The molecule has 0 radical (unpaired) electrons. The summed E-state index contributed by atoms with van der Waals surface area (Å²) in [5, 5.41) is 6.42. The van der Waals surface area contributed by atoms with Crippen molar-refractivity contribution in [3.05, 3.63) is 23.8 Å². The van der Waals surface area contributed by atoms with Crippen molar-refractivity contribution in [1.29, 1.82) is 0 Å². The van der Waals surface area contributed by atoms with Crippen molar-refractivity contribution in [2.45, 2.75) is 25.7 Å². The quantitative estimate of drug-likeness (QED) is 0.875. The van der Waals surface area contributed by atoms with Crippen LogP contribution in [0.4, 0.5) is 5.69 Å². The van der Waals surface area contributed by atoms with Gasteiger partial charge in [-0.3, -0.25) is 4.79 Å². The van der Waals surface area contributed by atoms with Crippen LogP contribution in [0.3, 0.4) is 0 Å². The smallest absolute Gasteiger partial charge is 0.255 e. The number of rotatable bonds is 5. The number of amides is 1. The van der Waals surface area contributed by atoms with Gasteiger partial charge in [0, 0.05) is 13.1 Å². The number of hydrogen-bond donors (Lipinski definition) is 2. The highest BCUT2D eigenvalue weighted by atomic mass is 16.5. The van der Waals surface area contributed by atoms with Crippen LogP contribution in [0.15, 0.2) is 18.2 Å². The third kappa shape index (κ3) is 2.71. The molecule has 3 aliphatic rings. The first-order valence-corrected chi connectivity index (χ1v) is 8.11. The summed E-state index contributed by atoms with van der Waals surface area (Å²) in [6.45, 7) is 2.23. The normalized spacial score (nSPS) is 20.4. The highest BCUT2D eigenvalue weighted by Crippen LogP contribution is 2.48. The van der Waals surface area contributed by atoms with Crippen molar-refractivity contribution in [3.8, 4) is 5.75 Å². The maximum Gasteiger partial charge on any atom is 0.255 e. The lowest BCUT2D eigenvalue weighted by Gasteiger charge is -2.22. The number of benzene rings is 1. The van der Waals surface area contributed by atoms with Crippen molar-refractivity contribution in [2.75, 3.05) is 25.0 Å². The molecule has 0 aromatic heterocycles. The monoisotopic (exact) mass is 286 g/mol. The maximum absolute atomic E-state index is 12.5. The number of anilines is 1. The van der Waals surface area contributed by atoms with E-state index in [0.717, 1.165) is 30.6 Å². The van der Waals surface area contributed by atoms with Crippen LogP contribution < -0.4 is 15.4 Å². The van der Waals surface area contributed by atoms with Gasteiger partial charge in [-0.2, -0.15) is 0 Å². The van der Waals surface area contributed by atoms with E-state index in [2.05, 4.69) is 10.6 Å². The molecule has 4 nitrogen and oxygen atoms in total. The van der Waals surface area contributed by atoms with Crippen LogP contribution in [0.5, 0.6) is 5.75 Å². The number of ether oxygens (including phenoxy) is 1. The summed E-state index contributed by atoms with van der Waals surface area (Å²) in [5.41, 5.74) is 1.58. The Bertz CT molecular complexity index is 538.